The molecule has 4 heteroatoms. The number of carbonyl (C=O) groups excluding carboxylic acids is 2. The van der Waals surface area contributed by atoms with Crippen molar-refractivity contribution >= 4 is 11.9 Å². The fourth-order valence-corrected chi connectivity index (χ4v) is 1.78. The summed E-state index contributed by atoms with van der Waals surface area (Å²) < 4.78 is 10.0. The van der Waals surface area contributed by atoms with Crippen LogP contribution >= 0.6 is 0 Å². The first-order valence-electron chi connectivity index (χ1n) is 8.98. The molecule has 0 fully saturated rings. The fraction of sp³-hybridized carbons (Fsp3) is 0.619. The number of esters is 2. The Morgan fingerprint density at radius 3 is 1.52 bits per heavy atom. The molecule has 0 radical (unpaired) electrons. The number of rotatable bonds is 7. The number of hydrogen-bond donors (Lipinski definition) is 0. The molecule has 0 amide bonds. The highest BCUT2D eigenvalue weighted by Gasteiger charge is 2.07. The summed E-state index contributed by atoms with van der Waals surface area (Å²) in [4.78, 5) is 22.4. The Labute approximate surface area is 154 Å². The minimum atomic E-state index is -0.233. The van der Waals surface area contributed by atoms with Crippen molar-refractivity contribution < 1.29 is 19.1 Å². The maximum Gasteiger partial charge on any atom is 0.333 e. The molecule has 25 heavy (non-hydrogen) atoms. The first-order valence-corrected chi connectivity index (χ1v) is 8.98. The van der Waals surface area contributed by atoms with Gasteiger partial charge in [0.2, 0.25) is 0 Å². The van der Waals surface area contributed by atoms with Crippen molar-refractivity contribution in [3.8, 4) is 0 Å². The van der Waals surface area contributed by atoms with Crippen LogP contribution < -0.4 is 0 Å². The Bertz CT molecular complexity index is 494. The summed E-state index contributed by atoms with van der Waals surface area (Å²) in [5.41, 5.74) is 2.45. The first-order chi connectivity index (χ1) is 11.5. The molecule has 0 aromatic rings. The van der Waals surface area contributed by atoms with E-state index in [0.29, 0.717) is 11.1 Å². The van der Waals surface area contributed by atoms with E-state index in [1.165, 1.54) is 0 Å². The van der Waals surface area contributed by atoms with Gasteiger partial charge in [-0.05, 0) is 67.4 Å². The van der Waals surface area contributed by atoms with Gasteiger partial charge in [0, 0.05) is 11.1 Å². The molecule has 0 bridgehead atoms. The summed E-state index contributed by atoms with van der Waals surface area (Å²) >= 11 is 0. The zero-order chi connectivity index (χ0) is 20.0. The Kier molecular flexibility index (Phi) is 14.7. The summed E-state index contributed by atoms with van der Waals surface area (Å²) in [6, 6.07) is 0. The molecule has 0 aromatic heterocycles. The van der Waals surface area contributed by atoms with Crippen LogP contribution in [0.2, 0.25) is 0 Å². The van der Waals surface area contributed by atoms with Gasteiger partial charge in [-0.2, -0.15) is 0 Å². The lowest BCUT2D eigenvalue weighted by Crippen LogP contribution is -2.12. The van der Waals surface area contributed by atoms with E-state index in [1.807, 2.05) is 53.7 Å². The van der Waals surface area contributed by atoms with Crippen LogP contribution in [0.3, 0.4) is 0 Å². The molecular weight excluding hydrogens is 316 g/mol. The van der Waals surface area contributed by atoms with Gasteiger partial charge in [-0.15, -0.1) is 0 Å². The largest absolute Gasteiger partial charge is 0.460 e. The average molecular weight is 353 g/mol. The Balaban J connectivity index is 0. The minimum Gasteiger partial charge on any atom is -0.460 e. The predicted molar refractivity (Wildman–Crippen MR) is 104 cm³/mol. The quantitative estimate of drug-likeness (QED) is 0.343. The number of allylic oxidation sites excluding steroid dienone is 4. The molecule has 0 aliphatic carbocycles. The molecule has 0 aliphatic heterocycles. The van der Waals surface area contributed by atoms with Crippen LogP contribution in [-0.4, -0.2) is 24.1 Å². The second-order valence-corrected chi connectivity index (χ2v) is 6.39. The van der Waals surface area contributed by atoms with Crippen molar-refractivity contribution in [2.75, 3.05) is 0 Å². The second-order valence-electron chi connectivity index (χ2n) is 6.39. The van der Waals surface area contributed by atoms with E-state index in [0.717, 1.165) is 18.4 Å². The molecule has 0 rings (SSSR count). The van der Waals surface area contributed by atoms with Crippen molar-refractivity contribution in [1.82, 2.24) is 0 Å². The van der Waals surface area contributed by atoms with E-state index < -0.39 is 0 Å². The Morgan fingerprint density at radius 2 is 1.16 bits per heavy atom. The van der Waals surface area contributed by atoms with Gasteiger partial charge in [0.1, 0.15) is 0 Å². The maximum atomic E-state index is 11.4. The molecular formula is C21H36O4. The summed E-state index contributed by atoms with van der Waals surface area (Å²) in [5, 5.41) is 0. The zero-order valence-corrected chi connectivity index (χ0v) is 17.4. The standard InChI is InChI=1S/C12H20O2.C9H16O2/c1-6-7-10(4)8-11(5)12(13)14-9(2)3;1-5-6-8(4)9(10)11-7(2)3/h7-9H,6H2,1-5H3;6-7H,5H2,1-4H3/b10-7+,11-8+;8-6+. The topological polar surface area (TPSA) is 52.6 Å². The van der Waals surface area contributed by atoms with E-state index in [1.54, 1.807) is 13.8 Å². The zero-order valence-electron chi connectivity index (χ0n) is 17.4. The van der Waals surface area contributed by atoms with E-state index in [-0.39, 0.29) is 24.1 Å². The lowest BCUT2D eigenvalue weighted by Gasteiger charge is -2.07. The lowest BCUT2D eigenvalue weighted by atomic mass is 10.1. The highest BCUT2D eigenvalue weighted by Crippen LogP contribution is 2.06. The van der Waals surface area contributed by atoms with Gasteiger partial charge in [0.15, 0.2) is 0 Å². The highest BCUT2D eigenvalue weighted by molar-refractivity contribution is 5.88. The summed E-state index contributed by atoms with van der Waals surface area (Å²) in [6.07, 6.45) is 7.57. The van der Waals surface area contributed by atoms with Gasteiger partial charge in [-0.25, -0.2) is 9.59 Å². The molecule has 0 aromatic carbocycles. The second kappa shape index (κ2) is 14.5. The Hall–Kier alpha value is -1.84. The van der Waals surface area contributed by atoms with Gasteiger partial charge in [0.25, 0.3) is 0 Å². The number of hydrogen-bond acceptors (Lipinski definition) is 4. The highest BCUT2D eigenvalue weighted by atomic mass is 16.5. The van der Waals surface area contributed by atoms with E-state index in [4.69, 9.17) is 9.47 Å². The third kappa shape index (κ3) is 15.4. The van der Waals surface area contributed by atoms with Gasteiger partial charge < -0.3 is 9.47 Å². The average Bonchev–Trinajstić information content (AvgIpc) is 2.46. The van der Waals surface area contributed by atoms with Crippen LogP contribution in [0.5, 0.6) is 0 Å². The van der Waals surface area contributed by atoms with Crippen molar-refractivity contribution in [3.63, 3.8) is 0 Å². The van der Waals surface area contributed by atoms with Gasteiger partial charge in [0.05, 0.1) is 12.2 Å². The van der Waals surface area contributed by atoms with E-state index >= 15 is 0 Å². The van der Waals surface area contributed by atoms with E-state index in [2.05, 4.69) is 13.0 Å². The van der Waals surface area contributed by atoms with Crippen LogP contribution in [0.4, 0.5) is 0 Å². The van der Waals surface area contributed by atoms with Gasteiger partial charge >= 0.3 is 11.9 Å². The molecule has 0 N–H and O–H groups in total. The fourth-order valence-electron chi connectivity index (χ4n) is 1.78. The van der Waals surface area contributed by atoms with Crippen molar-refractivity contribution in [2.24, 2.45) is 0 Å². The van der Waals surface area contributed by atoms with Crippen molar-refractivity contribution in [1.29, 1.82) is 0 Å². The summed E-state index contributed by atoms with van der Waals surface area (Å²) in [7, 11) is 0. The van der Waals surface area contributed by atoms with E-state index in [9.17, 15) is 9.59 Å². The molecule has 0 unspecified atom stereocenters. The molecule has 0 aliphatic rings. The SMILES string of the molecule is CC/C=C(C)/C=C(\C)C(=O)OC(C)C.CC/C=C(\C)C(=O)OC(C)C. The maximum absolute atomic E-state index is 11.4. The van der Waals surface area contributed by atoms with Crippen molar-refractivity contribution in [3.05, 3.63) is 34.9 Å². The summed E-state index contributed by atoms with van der Waals surface area (Å²) in [6.45, 7) is 17.0. The van der Waals surface area contributed by atoms with Crippen molar-refractivity contribution in [2.45, 2.75) is 87.4 Å². The molecule has 0 spiro atoms. The summed E-state index contributed by atoms with van der Waals surface area (Å²) in [5.74, 6) is -0.439. The molecule has 0 saturated heterocycles. The predicted octanol–water partition coefficient (Wildman–Crippen LogP) is 5.53. The molecule has 0 atom stereocenters. The normalized spacial score (nSPS) is 12.7. The molecule has 0 heterocycles. The molecule has 0 saturated carbocycles. The minimum absolute atomic E-state index is 0.0253. The molecule has 4 nitrogen and oxygen atoms in total. The van der Waals surface area contributed by atoms with Gasteiger partial charge in [-0.1, -0.05) is 31.6 Å². The monoisotopic (exact) mass is 352 g/mol. The van der Waals surface area contributed by atoms with Crippen LogP contribution in [-0.2, 0) is 19.1 Å². The lowest BCUT2D eigenvalue weighted by molar-refractivity contribution is -0.143. The third-order valence-corrected chi connectivity index (χ3v) is 2.81. The van der Waals surface area contributed by atoms with Crippen LogP contribution in [0.1, 0.15) is 75.2 Å². The van der Waals surface area contributed by atoms with Gasteiger partial charge in [-0.3, -0.25) is 0 Å². The molecule has 144 valence electrons. The Morgan fingerprint density at radius 1 is 0.760 bits per heavy atom. The third-order valence-electron chi connectivity index (χ3n) is 2.81. The number of carbonyl (C=O) groups is 2. The first kappa shape index (κ1) is 25.4. The smallest absolute Gasteiger partial charge is 0.333 e. The van der Waals surface area contributed by atoms with Crippen LogP contribution in [0, 0.1) is 0 Å². The van der Waals surface area contributed by atoms with Crippen LogP contribution in [0.25, 0.3) is 0 Å². The number of ether oxygens (including phenoxy) is 2. The van der Waals surface area contributed by atoms with Crippen LogP contribution in [0.15, 0.2) is 34.9 Å².